The van der Waals surface area contributed by atoms with Gasteiger partial charge in [0.05, 0.1) is 24.8 Å². The zero-order chi connectivity index (χ0) is 15.5. The van der Waals surface area contributed by atoms with Crippen LogP contribution in [0.25, 0.3) is 0 Å². The van der Waals surface area contributed by atoms with Crippen molar-refractivity contribution in [1.29, 1.82) is 0 Å². The van der Waals surface area contributed by atoms with E-state index in [2.05, 4.69) is 0 Å². The Morgan fingerprint density at radius 3 is 2.18 bits per heavy atom. The molecule has 0 bridgehead atoms. The lowest BCUT2D eigenvalue weighted by molar-refractivity contribution is 0.0631. The minimum Gasteiger partial charge on any atom is -0.497 e. The topological polar surface area (TPSA) is 55.8 Å². The molecule has 2 aromatic rings. The maximum atomic E-state index is 12.2. The fraction of sp³-hybridized carbons (Fsp3) is 0.176. The molecule has 1 aliphatic rings. The first-order chi connectivity index (χ1) is 10.7. The van der Waals surface area contributed by atoms with Gasteiger partial charge in [0, 0.05) is 6.07 Å². The molecule has 2 aromatic carbocycles. The third-order valence-electron chi connectivity index (χ3n) is 3.50. The van der Waals surface area contributed by atoms with Gasteiger partial charge in [-0.1, -0.05) is 18.2 Å². The van der Waals surface area contributed by atoms with E-state index in [9.17, 15) is 9.59 Å². The summed E-state index contributed by atoms with van der Waals surface area (Å²) in [7, 11) is 1.58. The normalized spacial score (nSPS) is 13.2. The third-order valence-corrected chi connectivity index (χ3v) is 3.50. The number of carbonyl (C=O) groups is 2. The highest BCUT2D eigenvalue weighted by Gasteiger charge is 2.34. The number of carbonyl (C=O) groups excluding carboxylic acids is 2. The number of hydrogen-bond donors (Lipinski definition) is 0. The summed E-state index contributed by atoms with van der Waals surface area (Å²) in [4.78, 5) is 25.6. The first-order valence-corrected chi connectivity index (χ1v) is 6.93. The first kappa shape index (κ1) is 14.1. The Bertz CT molecular complexity index is 691. The Kier molecular flexibility index (Phi) is 3.78. The van der Waals surface area contributed by atoms with Crippen molar-refractivity contribution in [3.05, 3.63) is 59.7 Å². The molecule has 5 heteroatoms. The maximum absolute atomic E-state index is 12.2. The number of amides is 2. The average Bonchev–Trinajstić information content (AvgIpc) is 2.80. The van der Waals surface area contributed by atoms with Gasteiger partial charge >= 0.3 is 0 Å². The molecular formula is C17H15NO4. The second kappa shape index (κ2) is 5.89. The van der Waals surface area contributed by atoms with Gasteiger partial charge in [-0.05, 0) is 24.3 Å². The summed E-state index contributed by atoms with van der Waals surface area (Å²) in [6.07, 6.45) is 0. The number of imide groups is 1. The van der Waals surface area contributed by atoms with Crippen LogP contribution in [0.3, 0.4) is 0 Å². The van der Waals surface area contributed by atoms with Crippen molar-refractivity contribution in [2.75, 3.05) is 20.3 Å². The van der Waals surface area contributed by atoms with Crippen LogP contribution in [-0.2, 0) is 0 Å². The zero-order valence-corrected chi connectivity index (χ0v) is 12.1. The molecule has 0 saturated carbocycles. The van der Waals surface area contributed by atoms with E-state index in [0.29, 0.717) is 22.6 Å². The minimum atomic E-state index is -0.269. The van der Waals surface area contributed by atoms with Crippen LogP contribution < -0.4 is 9.47 Å². The number of hydrogen-bond acceptors (Lipinski definition) is 4. The van der Waals surface area contributed by atoms with Crippen LogP contribution in [0.1, 0.15) is 20.7 Å². The molecule has 3 rings (SSSR count). The zero-order valence-electron chi connectivity index (χ0n) is 12.1. The van der Waals surface area contributed by atoms with Gasteiger partial charge in [-0.2, -0.15) is 0 Å². The van der Waals surface area contributed by atoms with Gasteiger partial charge in [-0.15, -0.1) is 0 Å². The van der Waals surface area contributed by atoms with Crippen molar-refractivity contribution in [2.24, 2.45) is 0 Å². The molecule has 0 fully saturated rings. The van der Waals surface area contributed by atoms with Crippen molar-refractivity contribution >= 4 is 11.8 Å². The summed E-state index contributed by atoms with van der Waals surface area (Å²) in [6, 6.07) is 14.0. The van der Waals surface area contributed by atoms with E-state index in [4.69, 9.17) is 9.47 Å². The van der Waals surface area contributed by atoms with Crippen LogP contribution in [0.2, 0.25) is 0 Å². The van der Waals surface area contributed by atoms with Gasteiger partial charge in [-0.25, -0.2) is 0 Å². The number of fused-ring (bicyclic) bond motifs is 1. The molecule has 0 unspecified atom stereocenters. The molecule has 0 aromatic heterocycles. The fourth-order valence-electron chi connectivity index (χ4n) is 2.39. The lowest BCUT2D eigenvalue weighted by Crippen LogP contribution is -2.33. The summed E-state index contributed by atoms with van der Waals surface area (Å²) in [5, 5.41) is 0. The molecule has 0 atom stereocenters. The van der Waals surface area contributed by atoms with E-state index < -0.39 is 0 Å². The molecule has 0 radical (unpaired) electrons. The average molecular weight is 297 g/mol. The van der Waals surface area contributed by atoms with Crippen LogP contribution in [0, 0.1) is 0 Å². The van der Waals surface area contributed by atoms with Gasteiger partial charge in [0.15, 0.2) is 0 Å². The molecular weight excluding hydrogens is 282 g/mol. The third kappa shape index (κ3) is 2.53. The molecule has 22 heavy (non-hydrogen) atoms. The second-order valence-electron chi connectivity index (χ2n) is 4.83. The Labute approximate surface area is 128 Å². The highest BCUT2D eigenvalue weighted by Crippen LogP contribution is 2.23. The molecule has 0 spiro atoms. The largest absolute Gasteiger partial charge is 0.497 e. The Morgan fingerprint density at radius 1 is 0.909 bits per heavy atom. The summed E-state index contributed by atoms with van der Waals surface area (Å²) >= 11 is 0. The predicted molar refractivity (Wildman–Crippen MR) is 80.3 cm³/mol. The minimum absolute atomic E-state index is 0.212. The van der Waals surface area contributed by atoms with E-state index in [0.717, 1.165) is 0 Å². The van der Waals surface area contributed by atoms with Gasteiger partial charge in [0.1, 0.15) is 18.1 Å². The standard InChI is InChI=1S/C17H15NO4/c1-21-12-5-4-6-13(11-12)22-10-9-18-16(19)14-7-2-3-8-15(14)17(18)20/h2-8,11H,9-10H2,1H3. The van der Waals surface area contributed by atoms with Crippen molar-refractivity contribution < 1.29 is 19.1 Å². The first-order valence-electron chi connectivity index (χ1n) is 6.93. The number of ether oxygens (including phenoxy) is 2. The monoisotopic (exact) mass is 297 g/mol. The second-order valence-corrected chi connectivity index (χ2v) is 4.83. The number of benzene rings is 2. The highest BCUT2D eigenvalue weighted by molar-refractivity contribution is 6.21. The molecule has 2 amide bonds. The molecule has 0 saturated heterocycles. The number of methoxy groups -OCH3 is 1. The molecule has 5 nitrogen and oxygen atoms in total. The molecule has 112 valence electrons. The Balaban J connectivity index is 1.63. The summed E-state index contributed by atoms with van der Waals surface area (Å²) in [6.45, 7) is 0.447. The molecule has 0 aliphatic carbocycles. The SMILES string of the molecule is COc1cccc(OCCN2C(=O)c3ccccc3C2=O)c1. The molecule has 1 aliphatic heterocycles. The van der Waals surface area contributed by atoms with Gasteiger partial charge in [-0.3, -0.25) is 14.5 Å². The van der Waals surface area contributed by atoms with Crippen molar-refractivity contribution in [3.8, 4) is 11.5 Å². The quantitative estimate of drug-likeness (QED) is 0.795. The summed E-state index contributed by atoms with van der Waals surface area (Å²) in [5.41, 5.74) is 0.905. The van der Waals surface area contributed by atoms with Gasteiger partial charge in [0.2, 0.25) is 0 Å². The molecule has 0 N–H and O–H groups in total. The van der Waals surface area contributed by atoms with Gasteiger partial charge in [0.25, 0.3) is 11.8 Å². The van der Waals surface area contributed by atoms with Crippen LogP contribution in [0.5, 0.6) is 11.5 Å². The summed E-state index contributed by atoms with van der Waals surface area (Å²) in [5.74, 6) is 0.791. The summed E-state index contributed by atoms with van der Waals surface area (Å²) < 4.78 is 10.7. The van der Waals surface area contributed by atoms with Crippen molar-refractivity contribution in [1.82, 2.24) is 4.90 Å². The lowest BCUT2D eigenvalue weighted by atomic mass is 10.1. The predicted octanol–water partition coefficient (Wildman–Crippen LogP) is 2.37. The van der Waals surface area contributed by atoms with E-state index in [1.807, 2.05) is 12.1 Å². The van der Waals surface area contributed by atoms with Crippen LogP contribution in [-0.4, -0.2) is 37.0 Å². The Hall–Kier alpha value is -2.82. The van der Waals surface area contributed by atoms with E-state index in [-0.39, 0.29) is 25.0 Å². The van der Waals surface area contributed by atoms with Crippen LogP contribution in [0.4, 0.5) is 0 Å². The maximum Gasteiger partial charge on any atom is 0.261 e. The highest BCUT2D eigenvalue weighted by atomic mass is 16.5. The van der Waals surface area contributed by atoms with E-state index in [1.54, 1.807) is 43.5 Å². The van der Waals surface area contributed by atoms with E-state index in [1.165, 1.54) is 4.90 Å². The number of nitrogens with zero attached hydrogens (tertiary/aromatic N) is 1. The number of rotatable bonds is 5. The van der Waals surface area contributed by atoms with Crippen molar-refractivity contribution in [3.63, 3.8) is 0 Å². The Morgan fingerprint density at radius 2 is 1.55 bits per heavy atom. The molecule has 1 heterocycles. The van der Waals surface area contributed by atoms with Crippen molar-refractivity contribution in [2.45, 2.75) is 0 Å². The van der Waals surface area contributed by atoms with Gasteiger partial charge < -0.3 is 9.47 Å². The van der Waals surface area contributed by atoms with Crippen LogP contribution >= 0.6 is 0 Å². The fourth-order valence-corrected chi connectivity index (χ4v) is 2.39. The smallest absolute Gasteiger partial charge is 0.261 e. The van der Waals surface area contributed by atoms with E-state index >= 15 is 0 Å². The van der Waals surface area contributed by atoms with Crippen LogP contribution in [0.15, 0.2) is 48.5 Å². The lowest BCUT2D eigenvalue weighted by Gasteiger charge is -2.14.